The molecule has 0 radical (unpaired) electrons. The van der Waals surface area contributed by atoms with E-state index in [4.69, 9.17) is 5.41 Å². The van der Waals surface area contributed by atoms with Crippen LogP contribution >= 0.6 is 0 Å². The van der Waals surface area contributed by atoms with Gasteiger partial charge in [0.15, 0.2) is 6.67 Å². The molecule has 0 amide bonds. The molecule has 0 aromatic carbocycles. The van der Waals surface area contributed by atoms with Gasteiger partial charge >= 0.3 is 0 Å². The number of ether oxygens (including phenoxy) is 1. The first-order valence-corrected chi connectivity index (χ1v) is 1.48. The summed E-state index contributed by atoms with van der Waals surface area (Å²) >= 11 is 0. The van der Waals surface area contributed by atoms with Crippen LogP contribution in [0.2, 0.25) is 0 Å². The molecule has 0 aliphatic heterocycles. The molecule has 36 valence electrons. The minimum atomic E-state index is -0.809. The van der Waals surface area contributed by atoms with Crippen LogP contribution < -0.4 is 0 Å². The van der Waals surface area contributed by atoms with E-state index in [1.807, 2.05) is 0 Å². The van der Waals surface area contributed by atoms with E-state index in [2.05, 4.69) is 4.74 Å². The maximum absolute atomic E-state index is 11.0. The van der Waals surface area contributed by atoms with Gasteiger partial charge in [0, 0.05) is 0 Å². The van der Waals surface area contributed by atoms with E-state index < -0.39 is 6.67 Å². The van der Waals surface area contributed by atoms with Gasteiger partial charge in [-0.05, 0) is 0 Å². The number of hydrogen-bond acceptors (Lipinski definition) is 2. The summed E-state index contributed by atoms with van der Waals surface area (Å²) in [6, 6.07) is 0. The summed E-state index contributed by atoms with van der Waals surface area (Å²) in [6.45, 7) is -0.809. The molecule has 0 spiro atoms. The molecule has 6 heavy (non-hydrogen) atoms. The summed E-state index contributed by atoms with van der Waals surface area (Å²) in [5, 5.41) is 6.39. The van der Waals surface area contributed by atoms with Crippen LogP contribution in [0.4, 0.5) is 4.39 Å². The quantitative estimate of drug-likeness (QED) is 0.371. The number of hydrogen-bond donors (Lipinski definition) is 1. The van der Waals surface area contributed by atoms with Crippen LogP contribution in [0.1, 0.15) is 0 Å². The van der Waals surface area contributed by atoms with Gasteiger partial charge in [-0.2, -0.15) is 0 Å². The minimum Gasteiger partial charge on any atom is -0.483 e. The summed E-state index contributed by atoms with van der Waals surface area (Å²) in [5.41, 5.74) is 0. The molecule has 0 fully saturated rings. The van der Waals surface area contributed by atoms with E-state index in [-0.39, 0.29) is 5.90 Å². The van der Waals surface area contributed by atoms with Crippen molar-refractivity contribution in [3.05, 3.63) is 0 Å². The van der Waals surface area contributed by atoms with E-state index in [0.717, 1.165) is 0 Å². The summed E-state index contributed by atoms with van der Waals surface area (Å²) in [4.78, 5) is 0. The highest BCUT2D eigenvalue weighted by atomic mass is 19.1. The van der Waals surface area contributed by atoms with Crippen LogP contribution in [-0.4, -0.2) is 19.7 Å². The zero-order valence-corrected chi connectivity index (χ0v) is 3.49. The van der Waals surface area contributed by atoms with E-state index in [0.29, 0.717) is 0 Å². The topological polar surface area (TPSA) is 33.1 Å². The third-order valence-electron chi connectivity index (χ3n) is 0.368. The number of nitrogens with one attached hydrogen (secondary N) is 1. The molecule has 0 saturated carbocycles. The molecule has 0 aromatic rings. The SMILES string of the molecule is COC(=N)CF. The molecular formula is C3H6FNO. The third kappa shape index (κ3) is 1.69. The second kappa shape index (κ2) is 2.63. The second-order valence-electron chi connectivity index (χ2n) is 0.761. The predicted molar refractivity (Wildman–Crippen MR) is 20.7 cm³/mol. The van der Waals surface area contributed by atoms with Gasteiger partial charge in [-0.1, -0.05) is 0 Å². The molecule has 1 N–H and O–H groups in total. The van der Waals surface area contributed by atoms with Gasteiger partial charge in [-0.3, -0.25) is 5.41 Å². The summed E-state index contributed by atoms with van der Waals surface area (Å²) in [5.74, 6) is -0.324. The zero-order chi connectivity index (χ0) is 4.99. The lowest BCUT2D eigenvalue weighted by atomic mass is 10.8. The summed E-state index contributed by atoms with van der Waals surface area (Å²) in [6.07, 6.45) is 0. The Hall–Kier alpha value is -0.600. The average molecular weight is 91.1 g/mol. The smallest absolute Gasteiger partial charge is 0.212 e. The van der Waals surface area contributed by atoms with E-state index >= 15 is 0 Å². The highest BCUT2D eigenvalue weighted by Crippen LogP contribution is 1.71. The fourth-order valence-electron chi connectivity index (χ4n) is 0.0546. The van der Waals surface area contributed by atoms with Gasteiger partial charge in [0.2, 0.25) is 5.90 Å². The van der Waals surface area contributed by atoms with E-state index in [1.54, 1.807) is 0 Å². The van der Waals surface area contributed by atoms with Crippen molar-refractivity contribution in [3.8, 4) is 0 Å². The van der Waals surface area contributed by atoms with Crippen molar-refractivity contribution >= 4 is 5.90 Å². The fourth-order valence-corrected chi connectivity index (χ4v) is 0.0546. The Morgan fingerprint density at radius 2 is 2.50 bits per heavy atom. The number of halogens is 1. The summed E-state index contributed by atoms with van der Waals surface area (Å²) in [7, 11) is 1.27. The number of methoxy groups -OCH3 is 1. The van der Waals surface area contributed by atoms with Gasteiger partial charge in [0.05, 0.1) is 7.11 Å². The van der Waals surface area contributed by atoms with Crippen molar-refractivity contribution in [1.82, 2.24) is 0 Å². The predicted octanol–water partition coefficient (Wildman–Crippen LogP) is 0.580. The molecule has 0 aromatic heterocycles. The Morgan fingerprint density at radius 3 is 2.50 bits per heavy atom. The Labute approximate surface area is 35.4 Å². The number of alkyl halides is 1. The largest absolute Gasteiger partial charge is 0.483 e. The Bertz CT molecular complexity index is 48.8. The molecule has 0 heterocycles. The molecular weight excluding hydrogens is 85.0 g/mol. The zero-order valence-electron chi connectivity index (χ0n) is 3.49. The molecule has 0 atom stereocenters. The Morgan fingerprint density at radius 1 is 2.00 bits per heavy atom. The van der Waals surface area contributed by atoms with Crippen LogP contribution in [0, 0.1) is 5.41 Å². The van der Waals surface area contributed by atoms with Crippen LogP contribution in [-0.2, 0) is 4.74 Å². The maximum atomic E-state index is 11.0. The molecule has 0 rings (SSSR count). The van der Waals surface area contributed by atoms with Crippen LogP contribution in [0.25, 0.3) is 0 Å². The molecule has 0 bridgehead atoms. The summed E-state index contributed by atoms with van der Waals surface area (Å²) < 4.78 is 15.1. The van der Waals surface area contributed by atoms with Crippen LogP contribution in [0.3, 0.4) is 0 Å². The van der Waals surface area contributed by atoms with Crippen molar-refractivity contribution in [2.45, 2.75) is 0 Å². The Kier molecular flexibility index (Phi) is 2.36. The van der Waals surface area contributed by atoms with Gasteiger partial charge in [-0.15, -0.1) is 0 Å². The second-order valence-corrected chi connectivity index (χ2v) is 0.761. The van der Waals surface area contributed by atoms with Crippen LogP contribution in [0.5, 0.6) is 0 Å². The third-order valence-corrected chi connectivity index (χ3v) is 0.368. The van der Waals surface area contributed by atoms with Gasteiger partial charge < -0.3 is 4.74 Å². The molecule has 3 heteroatoms. The van der Waals surface area contributed by atoms with E-state index in [9.17, 15) is 4.39 Å². The standard InChI is InChI=1S/C3H6FNO/c1-6-3(5)2-4/h5H,2H2,1H3. The van der Waals surface area contributed by atoms with Gasteiger partial charge in [0.1, 0.15) is 0 Å². The van der Waals surface area contributed by atoms with Gasteiger partial charge in [0.25, 0.3) is 0 Å². The van der Waals surface area contributed by atoms with Crippen molar-refractivity contribution in [2.24, 2.45) is 0 Å². The van der Waals surface area contributed by atoms with Crippen molar-refractivity contribution in [2.75, 3.05) is 13.8 Å². The average Bonchev–Trinajstić information content (AvgIpc) is 1.65. The fraction of sp³-hybridized carbons (Fsp3) is 0.667. The molecule has 0 saturated heterocycles. The highest BCUT2D eigenvalue weighted by Gasteiger charge is 1.85. The lowest BCUT2D eigenvalue weighted by molar-refractivity contribution is 0.366. The first-order chi connectivity index (χ1) is 2.81. The number of rotatable bonds is 1. The minimum absolute atomic E-state index is 0.324. The lowest BCUT2D eigenvalue weighted by Crippen LogP contribution is -1.99. The van der Waals surface area contributed by atoms with Gasteiger partial charge in [-0.25, -0.2) is 4.39 Å². The first-order valence-electron chi connectivity index (χ1n) is 1.48. The maximum Gasteiger partial charge on any atom is 0.212 e. The van der Waals surface area contributed by atoms with Crippen molar-refractivity contribution < 1.29 is 9.13 Å². The van der Waals surface area contributed by atoms with Crippen LogP contribution in [0.15, 0.2) is 0 Å². The normalized spacial score (nSPS) is 7.67. The van der Waals surface area contributed by atoms with Crippen molar-refractivity contribution in [1.29, 1.82) is 5.41 Å². The first kappa shape index (κ1) is 5.40. The Balaban J connectivity index is 2.99. The lowest BCUT2D eigenvalue weighted by Gasteiger charge is -1.89. The highest BCUT2D eigenvalue weighted by molar-refractivity contribution is 5.73. The van der Waals surface area contributed by atoms with Crippen molar-refractivity contribution in [3.63, 3.8) is 0 Å². The molecule has 2 nitrogen and oxygen atoms in total. The monoisotopic (exact) mass is 91.0 g/mol. The molecule has 0 aliphatic rings. The molecule has 0 aliphatic carbocycles. The van der Waals surface area contributed by atoms with E-state index in [1.165, 1.54) is 7.11 Å². The molecule has 0 unspecified atom stereocenters.